The lowest BCUT2D eigenvalue weighted by Gasteiger charge is -2.32. The smallest absolute Gasteiger partial charge is 0.336 e. The van der Waals surface area contributed by atoms with Crippen LogP contribution in [0.3, 0.4) is 0 Å². The van der Waals surface area contributed by atoms with Crippen LogP contribution in [0.15, 0.2) is 29.6 Å². The first kappa shape index (κ1) is 31.0. The predicted molar refractivity (Wildman–Crippen MR) is 139 cm³/mol. The molecule has 218 valence electrons. The molecular weight excluding hydrogens is 549 g/mol. The van der Waals surface area contributed by atoms with Gasteiger partial charge in [0.05, 0.1) is 25.1 Å². The summed E-state index contributed by atoms with van der Waals surface area (Å²) in [5, 5.41) is 40.0. The van der Waals surface area contributed by atoms with Crippen LogP contribution in [0, 0.1) is 5.82 Å². The van der Waals surface area contributed by atoms with Gasteiger partial charge in [-0.1, -0.05) is 16.6 Å². The molecule has 0 bridgehead atoms. The topological polar surface area (TPSA) is 185 Å². The number of carbonyl (C=O) groups is 4. The van der Waals surface area contributed by atoms with Crippen molar-refractivity contribution >= 4 is 35.3 Å². The van der Waals surface area contributed by atoms with Gasteiger partial charge in [0.2, 0.25) is 5.91 Å². The molecule has 4 rings (SSSR count). The van der Waals surface area contributed by atoms with Crippen molar-refractivity contribution in [1.82, 2.24) is 24.3 Å². The third-order valence-corrected chi connectivity index (χ3v) is 7.49. The fraction of sp³-hybridized carbons (Fsp3) is 0.520. The molecule has 3 heterocycles. The Morgan fingerprint density at radius 1 is 0.975 bits per heavy atom. The predicted octanol–water partition coefficient (Wildman–Crippen LogP) is 0.386. The van der Waals surface area contributed by atoms with Crippen LogP contribution in [0.5, 0.6) is 0 Å². The van der Waals surface area contributed by atoms with Gasteiger partial charge in [0, 0.05) is 56.5 Å². The maximum atomic E-state index is 13.3. The van der Waals surface area contributed by atoms with Crippen molar-refractivity contribution in [2.75, 3.05) is 52.9 Å². The molecule has 2 aromatic rings. The molecule has 0 radical (unpaired) electrons. The molecule has 0 aliphatic carbocycles. The number of carboxylic acids is 3. The third-order valence-electron chi connectivity index (χ3n) is 6.97. The summed E-state index contributed by atoms with van der Waals surface area (Å²) in [6.07, 6.45) is -2.29. The Kier molecular flexibility index (Phi) is 10.6. The normalized spacial score (nSPS) is 20.0. The number of benzene rings is 1. The second kappa shape index (κ2) is 13.7. The zero-order chi connectivity index (χ0) is 29.4. The average molecular weight is 582 g/mol. The van der Waals surface area contributed by atoms with Crippen molar-refractivity contribution in [3.8, 4) is 0 Å². The minimum absolute atomic E-state index is 0.102. The average Bonchev–Trinajstić information content (AvgIpc) is 3.56. The number of carbonyl (C=O) groups excluding carboxylic acids is 1. The summed E-state index contributed by atoms with van der Waals surface area (Å²) in [6, 6.07) is 6.61. The summed E-state index contributed by atoms with van der Waals surface area (Å²) in [5.41, 5.74) is -0.772. The standard InChI is InChI=1S/C19H24FN5OS.C6H8O7/c1-23-6-8-24(9-7-23)12-19(26)25-10-16(14-2-4-15(20)5-3-14)17(11-25)18-13-27-22-21-18;7-3(8)1-6(13,5(11)12)2-4(9)10/h2-5,13,16-17H,6-12H2,1H3;13H,1-2H2,(H,7,8)(H,9,10)(H,11,12)/t16-,17+;/m0./s1. The first-order valence-electron chi connectivity index (χ1n) is 12.5. The summed E-state index contributed by atoms with van der Waals surface area (Å²) in [6.45, 7) is 5.59. The lowest BCUT2D eigenvalue weighted by Crippen LogP contribution is -2.48. The number of hydrogen-bond donors (Lipinski definition) is 4. The highest BCUT2D eigenvalue weighted by molar-refractivity contribution is 7.03. The van der Waals surface area contributed by atoms with Gasteiger partial charge in [0.25, 0.3) is 0 Å². The molecule has 1 amide bonds. The van der Waals surface area contributed by atoms with Crippen molar-refractivity contribution in [2.24, 2.45) is 0 Å². The summed E-state index contributed by atoms with van der Waals surface area (Å²) in [5.74, 6) is -4.88. The van der Waals surface area contributed by atoms with E-state index in [4.69, 9.17) is 20.4 Å². The highest BCUT2D eigenvalue weighted by atomic mass is 32.1. The van der Waals surface area contributed by atoms with Crippen molar-refractivity contribution in [3.05, 3.63) is 46.7 Å². The lowest BCUT2D eigenvalue weighted by atomic mass is 9.87. The van der Waals surface area contributed by atoms with E-state index in [1.165, 1.54) is 23.7 Å². The largest absolute Gasteiger partial charge is 0.481 e. The van der Waals surface area contributed by atoms with Gasteiger partial charge in [0.15, 0.2) is 5.60 Å². The molecule has 2 atom stereocenters. The molecule has 0 unspecified atom stereocenters. The van der Waals surface area contributed by atoms with Gasteiger partial charge >= 0.3 is 17.9 Å². The number of likely N-dealkylation sites (tertiary alicyclic amines) is 1. The van der Waals surface area contributed by atoms with E-state index < -0.39 is 36.4 Å². The number of aromatic nitrogens is 2. The van der Waals surface area contributed by atoms with E-state index in [1.54, 1.807) is 0 Å². The Labute approximate surface area is 233 Å². The maximum absolute atomic E-state index is 13.3. The van der Waals surface area contributed by atoms with Gasteiger partial charge in [-0.3, -0.25) is 19.3 Å². The molecule has 15 heteroatoms. The molecule has 2 saturated heterocycles. The molecule has 1 aromatic carbocycles. The molecule has 2 fully saturated rings. The van der Waals surface area contributed by atoms with Crippen LogP contribution in [-0.2, 0) is 19.2 Å². The van der Waals surface area contributed by atoms with Crippen LogP contribution >= 0.6 is 11.5 Å². The van der Waals surface area contributed by atoms with Gasteiger partial charge in [-0.2, -0.15) is 0 Å². The molecule has 0 spiro atoms. The van der Waals surface area contributed by atoms with E-state index in [-0.39, 0.29) is 23.6 Å². The molecule has 2 aliphatic heterocycles. The number of halogens is 1. The zero-order valence-corrected chi connectivity index (χ0v) is 22.7. The van der Waals surface area contributed by atoms with Gasteiger partial charge in [-0.05, 0) is 36.3 Å². The first-order valence-corrected chi connectivity index (χ1v) is 13.3. The van der Waals surface area contributed by atoms with Crippen molar-refractivity contribution in [1.29, 1.82) is 0 Å². The summed E-state index contributed by atoms with van der Waals surface area (Å²) in [4.78, 5) is 49.9. The monoisotopic (exact) mass is 581 g/mol. The number of nitrogens with zero attached hydrogens (tertiary/aromatic N) is 5. The summed E-state index contributed by atoms with van der Waals surface area (Å²) >= 11 is 1.33. The minimum Gasteiger partial charge on any atom is -0.481 e. The Morgan fingerprint density at radius 3 is 2.05 bits per heavy atom. The molecule has 2 aliphatic rings. The summed E-state index contributed by atoms with van der Waals surface area (Å²) < 4.78 is 17.3. The van der Waals surface area contributed by atoms with Crippen LogP contribution in [0.4, 0.5) is 4.39 Å². The molecule has 0 saturated carbocycles. The number of likely N-dealkylation sites (N-methyl/N-ethyl adjacent to an activating group) is 1. The third kappa shape index (κ3) is 8.48. The fourth-order valence-corrected chi connectivity index (χ4v) is 5.22. The van der Waals surface area contributed by atoms with Crippen molar-refractivity contribution in [2.45, 2.75) is 30.3 Å². The van der Waals surface area contributed by atoms with Crippen molar-refractivity contribution < 1.29 is 44.0 Å². The van der Waals surface area contributed by atoms with Crippen LogP contribution in [0.25, 0.3) is 0 Å². The quantitative estimate of drug-likeness (QED) is 0.320. The number of hydrogen-bond acceptors (Lipinski definition) is 10. The number of aliphatic hydroxyl groups is 1. The van der Waals surface area contributed by atoms with Crippen LogP contribution in [-0.4, -0.2) is 127 Å². The molecule has 1 aromatic heterocycles. The fourth-order valence-electron chi connectivity index (χ4n) is 4.70. The van der Waals surface area contributed by atoms with E-state index in [9.17, 15) is 23.6 Å². The number of carboxylic acid groups (broad SMARTS) is 3. The summed E-state index contributed by atoms with van der Waals surface area (Å²) in [7, 11) is 2.11. The van der Waals surface area contributed by atoms with Crippen LogP contribution in [0.2, 0.25) is 0 Å². The number of piperazine rings is 1. The lowest BCUT2D eigenvalue weighted by molar-refractivity contribution is -0.170. The van der Waals surface area contributed by atoms with Crippen LogP contribution in [0.1, 0.15) is 35.9 Å². The minimum atomic E-state index is -2.74. The van der Waals surface area contributed by atoms with E-state index >= 15 is 0 Å². The number of aliphatic carboxylic acids is 3. The second-order valence-corrected chi connectivity index (χ2v) is 10.6. The molecular formula is C25H32FN5O8S. The van der Waals surface area contributed by atoms with Gasteiger partial charge in [-0.15, -0.1) is 5.10 Å². The zero-order valence-electron chi connectivity index (χ0n) is 21.8. The highest BCUT2D eigenvalue weighted by Crippen LogP contribution is 2.39. The second-order valence-electron chi connectivity index (χ2n) is 9.95. The number of amides is 1. The van der Waals surface area contributed by atoms with Crippen molar-refractivity contribution in [3.63, 3.8) is 0 Å². The highest BCUT2D eigenvalue weighted by Gasteiger charge is 2.41. The Balaban J connectivity index is 0.000000289. The Bertz CT molecular complexity index is 1160. The van der Waals surface area contributed by atoms with Crippen LogP contribution < -0.4 is 0 Å². The number of rotatable bonds is 9. The molecule has 13 nitrogen and oxygen atoms in total. The van der Waals surface area contributed by atoms with E-state index in [0.717, 1.165) is 37.4 Å². The Hall–Kier alpha value is -3.53. The van der Waals surface area contributed by atoms with E-state index in [0.29, 0.717) is 19.6 Å². The Morgan fingerprint density at radius 2 is 1.55 bits per heavy atom. The SMILES string of the molecule is CN1CCN(CC(=O)N2C[C@@H](c3ccc(F)cc3)[C@H](c3csnn3)C2)CC1.O=C(O)CC(O)(CC(=O)O)C(=O)O. The van der Waals surface area contributed by atoms with Gasteiger partial charge < -0.3 is 30.2 Å². The van der Waals surface area contributed by atoms with E-state index in [2.05, 4.69) is 26.4 Å². The van der Waals surface area contributed by atoms with E-state index in [1.807, 2.05) is 22.4 Å². The van der Waals surface area contributed by atoms with Gasteiger partial charge in [0.1, 0.15) is 5.82 Å². The van der Waals surface area contributed by atoms with Gasteiger partial charge in [-0.25, -0.2) is 9.18 Å². The first-order chi connectivity index (χ1) is 18.9. The molecule has 4 N–H and O–H groups in total. The molecule has 40 heavy (non-hydrogen) atoms. The maximum Gasteiger partial charge on any atom is 0.336 e.